The van der Waals surface area contributed by atoms with Crippen molar-refractivity contribution in [1.29, 1.82) is 5.26 Å². The zero-order valence-electron chi connectivity index (χ0n) is 15.8. The highest BCUT2D eigenvalue weighted by atomic mass is 16.5. The van der Waals surface area contributed by atoms with Gasteiger partial charge in [0.25, 0.3) is 0 Å². The van der Waals surface area contributed by atoms with Gasteiger partial charge in [-0.05, 0) is 44.4 Å². The van der Waals surface area contributed by atoms with Crippen LogP contribution in [-0.4, -0.2) is 40.0 Å². The van der Waals surface area contributed by atoms with Crippen molar-refractivity contribution in [2.75, 3.05) is 13.1 Å². The topological polar surface area (TPSA) is 73.4 Å². The molecule has 3 saturated heterocycles. The van der Waals surface area contributed by atoms with Gasteiger partial charge in [-0.25, -0.2) is 0 Å². The molecule has 5 rings (SSSR count). The number of nitrogens with zero attached hydrogens (tertiary/aromatic N) is 4. The molecule has 6 heteroatoms. The number of rotatable bonds is 4. The first-order chi connectivity index (χ1) is 13.0. The number of benzene rings is 1. The molecule has 3 fully saturated rings. The van der Waals surface area contributed by atoms with Crippen molar-refractivity contribution in [2.45, 2.75) is 45.8 Å². The van der Waals surface area contributed by atoms with Gasteiger partial charge in [0.05, 0.1) is 29.8 Å². The van der Waals surface area contributed by atoms with Crippen LogP contribution in [0.15, 0.2) is 28.8 Å². The molecule has 0 radical (unpaired) electrons. The molecule has 1 aromatic carbocycles. The monoisotopic (exact) mass is 364 g/mol. The molecule has 27 heavy (non-hydrogen) atoms. The fourth-order valence-corrected chi connectivity index (χ4v) is 4.36. The van der Waals surface area contributed by atoms with E-state index >= 15 is 0 Å². The molecule has 4 heterocycles. The molecule has 2 bridgehead atoms. The lowest BCUT2D eigenvalue weighted by Gasteiger charge is -2.36. The van der Waals surface area contributed by atoms with Gasteiger partial charge in [0.15, 0.2) is 0 Å². The van der Waals surface area contributed by atoms with E-state index in [0.29, 0.717) is 12.1 Å². The van der Waals surface area contributed by atoms with Crippen LogP contribution >= 0.6 is 0 Å². The fourth-order valence-electron chi connectivity index (χ4n) is 4.36. The number of carbonyl (C=O) groups excluding carboxylic acids is 1. The van der Waals surface area contributed by atoms with Crippen LogP contribution in [0.4, 0.5) is 0 Å². The molecule has 2 atom stereocenters. The third kappa shape index (κ3) is 3.47. The van der Waals surface area contributed by atoms with E-state index in [1.807, 2.05) is 36.9 Å². The van der Waals surface area contributed by atoms with Crippen molar-refractivity contribution in [1.82, 2.24) is 15.0 Å². The Kier molecular flexibility index (Phi) is 4.71. The van der Waals surface area contributed by atoms with Gasteiger partial charge >= 0.3 is 0 Å². The third-order valence-corrected chi connectivity index (χ3v) is 5.84. The van der Waals surface area contributed by atoms with Crippen LogP contribution in [0.1, 0.15) is 41.0 Å². The van der Waals surface area contributed by atoms with Crippen LogP contribution in [-0.2, 0) is 17.9 Å². The Hall–Kier alpha value is -2.65. The number of aromatic nitrogens is 1. The molecule has 3 aliphatic rings. The first-order valence-electron chi connectivity index (χ1n) is 9.48. The Bertz CT molecular complexity index is 878. The maximum atomic E-state index is 13.1. The van der Waals surface area contributed by atoms with Crippen LogP contribution in [0.3, 0.4) is 0 Å². The van der Waals surface area contributed by atoms with E-state index in [-0.39, 0.29) is 17.9 Å². The Morgan fingerprint density at radius 3 is 2.85 bits per heavy atom. The van der Waals surface area contributed by atoms with Gasteiger partial charge in [0.2, 0.25) is 5.91 Å². The summed E-state index contributed by atoms with van der Waals surface area (Å²) >= 11 is 0. The maximum absolute atomic E-state index is 13.1. The van der Waals surface area contributed by atoms with Gasteiger partial charge in [0, 0.05) is 31.2 Å². The number of fused-ring (bicyclic) bond motifs is 4. The highest BCUT2D eigenvalue weighted by Crippen LogP contribution is 2.32. The number of piperidine rings is 1. The van der Waals surface area contributed by atoms with Crippen molar-refractivity contribution in [2.24, 2.45) is 5.92 Å². The molecule has 3 aliphatic heterocycles. The Morgan fingerprint density at radius 1 is 1.26 bits per heavy atom. The van der Waals surface area contributed by atoms with Gasteiger partial charge in [-0.15, -0.1) is 0 Å². The zero-order chi connectivity index (χ0) is 19.0. The van der Waals surface area contributed by atoms with E-state index in [0.717, 1.165) is 55.1 Å². The quantitative estimate of drug-likeness (QED) is 0.834. The molecule has 0 aliphatic carbocycles. The summed E-state index contributed by atoms with van der Waals surface area (Å²) in [5.74, 6) is 1.09. The third-order valence-electron chi connectivity index (χ3n) is 5.84. The summed E-state index contributed by atoms with van der Waals surface area (Å²) in [5.41, 5.74) is 3.70. The van der Waals surface area contributed by atoms with E-state index in [1.165, 1.54) is 0 Å². The fraction of sp³-hybridized carbons (Fsp3) is 0.476. The zero-order valence-corrected chi connectivity index (χ0v) is 15.8. The summed E-state index contributed by atoms with van der Waals surface area (Å²) in [4.78, 5) is 17.5. The Morgan fingerprint density at radius 2 is 2.11 bits per heavy atom. The highest BCUT2D eigenvalue weighted by Gasteiger charge is 2.41. The number of hydrogen-bond acceptors (Lipinski definition) is 5. The minimum absolute atomic E-state index is 0.0448. The molecule has 0 spiro atoms. The van der Waals surface area contributed by atoms with E-state index in [4.69, 9.17) is 9.78 Å². The number of carbonyl (C=O) groups is 1. The van der Waals surface area contributed by atoms with E-state index in [9.17, 15) is 4.79 Å². The number of aryl methyl sites for hydroxylation is 2. The van der Waals surface area contributed by atoms with E-state index < -0.39 is 0 Å². The van der Waals surface area contributed by atoms with Crippen LogP contribution in [0.25, 0.3) is 0 Å². The van der Waals surface area contributed by atoms with Crippen LogP contribution in [0, 0.1) is 31.1 Å². The predicted molar refractivity (Wildman–Crippen MR) is 99.5 cm³/mol. The standard InChI is InChI=1S/C21H24N4O2/c1-14-20(15(2)27-23-14)13-25-19-7-6-18(21(25)26)11-24(12-19)10-17-5-3-4-16(8-17)9-22/h3-5,8,18-19H,6-7,10-13H2,1-2H3/t18-,19+/m1/s1. The van der Waals surface area contributed by atoms with Gasteiger partial charge in [0.1, 0.15) is 5.76 Å². The van der Waals surface area contributed by atoms with Gasteiger partial charge in [-0.1, -0.05) is 17.3 Å². The average Bonchev–Trinajstić information content (AvgIpc) is 2.83. The maximum Gasteiger partial charge on any atom is 0.227 e. The average molecular weight is 364 g/mol. The molecule has 2 aromatic rings. The molecule has 1 aromatic heterocycles. The second kappa shape index (κ2) is 7.16. The van der Waals surface area contributed by atoms with Gasteiger partial charge in [-0.2, -0.15) is 5.26 Å². The minimum Gasteiger partial charge on any atom is -0.361 e. The molecular weight excluding hydrogens is 340 g/mol. The van der Waals surface area contributed by atoms with Crippen LogP contribution < -0.4 is 0 Å². The molecule has 140 valence electrons. The summed E-state index contributed by atoms with van der Waals surface area (Å²) in [6, 6.07) is 10.2. The van der Waals surface area contributed by atoms with Crippen molar-refractivity contribution in [3.8, 4) is 6.07 Å². The van der Waals surface area contributed by atoms with E-state index in [2.05, 4.69) is 22.2 Å². The summed E-state index contributed by atoms with van der Waals surface area (Å²) < 4.78 is 5.28. The second-order valence-electron chi connectivity index (χ2n) is 7.70. The molecule has 1 amide bonds. The van der Waals surface area contributed by atoms with Crippen LogP contribution in [0.2, 0.25) is 0 Å². The van der Waals surface area contributed by atoms with Crippen LogP contribution in [0.5, 0.6) is 0 Å². The van der Waals surface area contributed by atoms with Crippen molar-refractivity contribution in [3.05, 3.63) is 52.4 Å². The lowest BCUT2D eigenvalue weighted by molar-refractivity contribution is -0.140. The normalized spacial score (nSPS) is 22.7. The predicted octanol–water partition coefficient (Wildman–Crippen LogP) is 2.79. The molecular formula is C21H24N4O2. The van der Waals surface area contributed by atoms with Crippen molar-refractivity contribution in [3.63, 3.8) is 0 Å². The summed E-state index contributed by atoms with van der Waals surface area (Å²) in [6.07, 6.45) is 1.99. The Balaban J connectivity index is 1.52. The first kappa shape index (κ1) is 17.7. The van der Waals surface area contributed by atoms with Crippen molar-refractivity contribution < 1.29 is 9.32 Å². The smallest absolute Gasteiger partial charge is 0.227 e. The molecule has 0 N–H and O–H groups in total. The first-order valence-corrected chi connectivity index (χ1v) is 9.48. The molecule has 0 unspecified atom stereocenters. The number of amides is 1. The number of hydrogen-bond donors (Lipinski definition) is 0. The Labute approximate surface area is 159 Å². The lowest BCUT2D eigenvalue weighted by Crippen LogP contribution is -2.47. The van der Waals surface area contributed by atoms with Gasteiger partial charge < -0.3 is 9.42 Å². The molecule has 6 nitrogen and oxygen atoms in total. The second-order valence-corrected chi connectivity index (χ2v) is 7.70. The highest BCUT2D eigenvalue weighted by molar-refractivity contribution is 5.80. The lowest BCUT2D eigenvalue weighted by atomic mass is 9.93. The summed E-state index contributed by atoms with van der Waals surface area (Å²) in [6.45, 7) is 6.84. The van der Waals surface area contributed by atoms with Gasteiger partial charge in [-0.3, -0.25) is 9.69 Å². The summed E-state index contributed by atoms with van der Waals surface area (Å²) in [5, 5.41) is 13.1. The SMILES string of the molecule is Cc1noc(C)c1CN1C(=O)[C@@H]2CC[C@H]1CN(Cc1cccc(C#N)c1)C2. The minimum atomic E-state index is 0.0448. The molecule has 0 saturated carbocycles. The summed E-state index contributed by atoms with van der Waals surface area (Å²) in [7, 11) is 0. The number of nitriles is 1. The largest absolute Gasteiger partial charge is 0.361 e. The van der Waals surface area contributed by atoms with E-state index in [1.54, 1.807) is 0 Å². The van der Waals surface area contributed by atoms with Crippen molar-refractivity contribution >= 4 is 5.91 Å².